The van der Waals surface area contributed by atoms with Gasteiger partial charge >= 0.3 is 0 Å². The number of hydrogen-bond acceptors (Lipinski definition) is 1. The standard InChI is InChI=1S/C10H11FNO/c1-6(2)7-3-8(10(12)13)5-9(11)4-7/h3-5H,1-2H3,(H2,12,13). The second-order valence-corrected chi connectivity index (χ2v) is 3.09. The maximum absolute atomic E-state index is 12.9. The van der Waals surface area contributed by atoms with Gasteiger partial charge in [0, 0.05) is 5.56 Å². The summed E-state index contributed by atoms with van der Waals surface area (Å²) in [5.74, 6) is -0.100. The lowest BCUT2D eigenvalue weighted by Crippen LogP contribution is -2.11. The van der Waals surface area contributed by atoms with Gasteiger partial charge in [0.05, 0.1) is 0 Å². The molecule has 1 rings (SSSR count). The van der Waals surface area contributed by atoms with E-state index in [1.807, 2.05) is 13.8 Å². The molecule has 2 nitrogen and oxygen atoms in total. The highest BCUT2D eigenvalue weighted by atomic mass is 19.1. The van der Waals surface area contributed by atoms with Gasteiger partial charge < -0.3 is 5.73 Å². The minimum Gasteiger partial charge on any atom is -0.366 e. The average Bonchev–Trinajstić information content (AvgIpc) is 2.03. The van der Waals surface area contributed by atoms with Gasteiger partial charge in [0.25, 0.3) is 0 Å². The van der Waals surface area contributed by atoms with Crippen molar-refractivity contribution >= 4 is 5.91 Å². The van der Waals surface area contributed by atoms with E-state index in [9.17, 15) is 9.18 Å². The van der Waals surface area contributed by atoms with Crippen LogP contribution in [0.4, 0.5) is 4.39 Å². The monoisotopic (exact) mass is 180 g/mol. The Hall–Kier alpha value is -1.38. The number of halogens is 1. The van der Waals surface area contributed by atoms with Gasteiger partial charge in [-0.05, 0) is 29.7 Å². The molecule has 0 unspecified atom stereocenters. The molecule has 1 amide bonds. The van der Waals surface area contributed by atoms with Crippen LogP contribution in [0.25, 0.3) is 0 Å². The zero-order chi connectivity index (χ0) is 10.0. The molecule has 0 heterocycles. The third-order valence-electron chi connectivity index (χ3n) is 1.76. The Morgan fingerprint density at radius 1 is 1.23 bits per heavy atom. The van der Waals surface area contributed by atoms with Crippen LogP contribution in [-0.4, -0.2) is 5.91 Å². The quantitative estimate of drug-likeness (QED) is 0.742. The van der Waals surface area contributed by atoms with Crippen LogP contribution >= 0.6 is 0 Å². The summed E-state index contributed by atoms with van der Waals surface area (Å²) in [7, 11) is 0. The highest BCUT2D eigenvalue weighted by Crippen LogP contribution is 2.16. The normalized spacial score (nSPS) is 10.5. The fourth-order valence-corrected chi connectivity index (χ4v) is 1.02. The Balaban J connectivity index is 3.19. The molecule has 0 aliphatic rings. The summed E-state index contributed by atoms with van der Waals surface area (Å²) in [6, 6.07) is 4.09. The van der Waals surface area contributed by atoms with Crippen molar-refractivity contribution in [1.82, 2.24) is 0 Å². The number of carbonyl (C=O) groups excluding carboxylic acids is 1. The van der Waals surface area contributed by atoms with E-state index in [4.69, 9.17) is 5.73 Å². The van der Waals surface area contributed by atoms with E-state index in [2.05, 4.69) is 0 Å². The van der Waals surface area contributed by atoms with E-state index < -0.39 is 11.7 Å². The first-order valence-electron chi connectivity index (χ1n) is 3.91. The number of benzene rings is 1. The second-order valence-electron chi connectivity index (χ2n) is 3.09. The third kappa shape index (κ3) is 2.28. The van der Waals surface area contributed by atoms with Crippen molar-refractivity contribution < 1.29 is 9.18 Å². The van der Waals surface area contributed by atoms with E-state index in [0.29, 0.717) is 5.56 Å². The minimum absolute atomic E-state index is 0.205. The lowest BCUT2D eigenvalue weighted by molar-refractivity contribution is 0.1000. The second kappa shape index (κ2) is 3.56. The summed E-state index contributed by atoms with van der Waals surface area (Å²) in [6.07, 6.45) is 0. The number of nitrogens with two attached hydrogens (primary N) is 1. The Labute approximate surface area is 76.6 Å². The fraction of sp³-hybridized carbons (Fsp3) is 0.200. The average molecular weight is 180 g/mol. The molecule has 0 atom stereocenters. The predicted octanol–water partition coefficient (Wildman–Crippen LogP) is 1.89. The van der Waals surface area contributed by atoms with Crippen LogP contribution in [0.1, 0.15) is 29.8 Å². The van der Waals surface area contributed by atoms with Gasteiger partial charge in [-0.25, -0.2) is 4.39 Å². The lowest BCUT2D eigenvalue weighted by atomic mass is 10.0. The molecule has 2 N–H and O–H groups in total. The van der Waals surface area contributed by atoms with Gasteiger partial charge in [0.2, 0.25) is 5.91 Å². The van der Waals surface area contributed by atoms with Crippen LogP contribution in [0.3, 0.4) is 0 Å². The molecule has 1 aromatic carbocycles. The molecule has 13 heavy (non-hydrogen) atoms. The van der Waals surface area contributed by atoms with Crippen molar-refractivity contribution in [2.45, 2.75) is 13.8 Å². The SMILES string of the molecule is C[C](C)c1cc(F)cc(C(N)=O)c1. The first-order valence-corrected chi connectivity index (χ1v) is 3.91. The summed E-state index contributed by atoms with van der Waals surface area (Å²) in [5.41, 5.74) is 5.94. The van der Waals surface area contributed by atoms with E-state index in [-0.39, 0.29) is 5.56 Å². The molecule has 1 radical (unpaired) electrons. The molecule has 0 saturated heterocycles. The molecule has 0 aromatic heterocycles. The number of primary amides is 1. The van der Waals surface area contributed by atoms with Gasteiger partial charge in [-0.15, -0.1) is 0 Å². The topological polar surface area (TPSA) is 43.1 Å². The minimum atomic E-state index is -0.609. The highest BCUT2D eigenvalue weighted by Gasteiger charge is 2.07. The van der Waals surface area contributed by atoms with Gasteiger partial charge in [-0.1, -0.05) is 13.8 Å². The zero-order valence-electron chi connectivity index (χ0n) is 7.60. The van der Waals surface area contributed by atoms with Gasteiger partial charge in [-0.3, -0.25) is 4.79 Å². The van der Waals surface area contributed by atoms with Crippen molar-refractivity contribution in [1.29, 1.82) is 0 Å². The van der Waals surface area contributed by atoms with Crippen LogP contribution < -0.4 is 5.73 Å². The molecule has 0 aliphatic heterocycles. The van der Waals surface area contributed by atoms with Gasteiger partial charge in [0.1, 0.15) is 5.82 Å². The largest absolute Gasteiger partial charge is 0.366 e. The van der Waals surface area contributed by atoms with E-state index in [1.54, 1.807) is 6.07 Å². The number of rotatable bonds is 2. The van der Waals surface area contributed by atoms with Crippen molar-refractivity contribution in [2.24, 2.45) is 5.73 Å². The van der Waals surface area contributed by atoms with Crippen LogP contribution in [0, 0.1) is 11.7 Å². The smallest absolute Gasteiger partial charge is 0.248 e. The first-order chi connectivity index (χ1) is 6.00. The number of amides is 1. The molecule has 0 saturated carbocycles. The van der Waals surface area contributed by atoms with Gasteiger partial charge in [-0.2, -0.15) is 0 Å². The van der Waals surface area contributed by atoms with Crippen molar-refractivity contribution in [3.8, 4) is 0 Å². The maximum Gasteiger partial charge on any atom is 0.248 e. The van der Waals surface area contributed by atoms with Crippen LogP contribution in [0.2, 0.25) is 0 Å². The summed E-state index contributed by atoms with van der Waals surface area (Å²) in [6.45, 7) is 3.69. The van der Waals surface area contributed by atoms with E-state index >= 15 is 0 Å². The third-order valence-corrected chi connectivity index (χ3v) is 1.76. The molecule has 69 valence electrons. The fourth-order valence-electron chi connectivity index (χ4n) is 1.02. The molecule has 0 bridgehead atoms. The Morgan fingerprint density at radius 3 is 2.23 bits per heavy atom. The summed E-state index contributed by atoms with van der Waals surface area (Å²) in [4.78, 5) is 10.8. The Kier molecular flexibility index (Phi) is 2.66. The van der Waals surface area contributed by atoms with Crippen molar-refractivity contribution in [3.05, 3.63) is 41.1 Å². The molecule has 3 heteroatoms. The molecule has 0 aliphatic carbocycles. The molecular formula is C10H11FNO. The molecular weight excluding hydrogens is 169 g/mol. The van der Waals surface area contributed by atoms with Crippen LogP contribution in [-0.2, 0) is 0 Å². The maximum atomic E-state index is 12.9. The highest BCUT2D eigenvalue weighted by molar-refractivity contribution is 5.93. The van der Waals surface area contributed by atoms with E-state index in [1.165, 1.54) is 6.07 Å². The Morgan fingerprint density at radius 2 is 1.77 bits per heavy atom. The Bertz CT molecular complexity index is 334. The predicted molar refractivity (Wildman–Crippen MR) is 48.6 cm³/mol. The summed E-state index contributed by atoms with van der Waals surface area (Å²) < 4.78 is 12.9. The molecule has 1 aromatic rings. The van der Waals surface area contributed by atoms with E-state index in [0.717, 1.165) is 12.0 Å². The number of carbonyl (C=O) groups is 1. The van der Waals surface area contributed by atoms with Crippen molar-refractivity contribution in [2.75, 3.05) is 0 Å². The molecule has 0 fully saturated rings. The number of hydrogen-bond donors (Lipinski definition) is 1. The van der Waals surface area contributed by atoms with Crippen molar-refractivity contribution in [3.63, 3.8) is 0 Å². The van der Waals surface area contributed by atoms with Crippen LogP contribution in [0.5, 0.6) is 0 Å². The molecule has 0 spiro atoms. The zero-order valence-corrected chi connectivity index (χ0v) is 7.60. The first kappa shape index (κ1) is 9.71. The lowest BCUT2D eigenvalue weighted by Gasteiger charge is -2.06. The summed E-state index contributed by atoms with van der Waals surface area (Å²) >= 11 is 0. The van der Waals surface area contributed by atoms with Crippen LogP contribution in [0.15, 0.2) is 18.2 Å². The summed E-state index contributed by atoms with van der Waals surface area (Å²) in [5, 5.41) is 0. The van der Waals surface area contributed by atoms with Gasteiger partial charge in [0.15, 0.2) is 0 Å².